The molecule has 1 atom stereocenters. The number of carboxylic acid groups (broad SMARTS) is 1. The molecule has 17 heavy (non-hydrogen) atoms. The molecular formula is C13H19NO3. The molecule has 0 heterocycles. The second-order valence-electron chi connectivity index (χ2n) is 3.75. The van der Waals surface area contributed by atoms with Gasteiger partial charge in [-0.05, 0) is 25.5 Å². The average Bonchev–Trinajstić information content (AvgIpc) is 2.31. The maximum Gasteiger partial charge on any atom is 0.326 e. The molecule has 0 aliphatic heterocycles. The van der Waals surface area contributed by atoms with Crippen LogP contribution in [0.4, 0.5) is 5.69 Å². The standard InChI is InChI=1S/C13H19NO3/c1-3-7-11(13(15)16)14-10-8-5-6-9-12(10)17-4-2/h5-6,8-9,11,14H,3-4,7H2,1-2H3,(H,15,16). The lowest BCUT2D eigenvalue weighted by Gasteiger charge is -2.17. The Hall–Kier alpha value is -1.71. The van der Waals surface area contributed by atoms with Crippen LogP contribution in [0.5, 0.6) is 5.75 Å². The highest BCUT2D eigenvalue weighted by Gasteiger charge is 2.17. The van der Waals surface area contributed by atoms with E-state index in [-0.39, 0.29) is 0 Å². The van der Waals surface area contributed by atoms with Gasteiger partial charge in [-0.1, -0.05) is 25.5 Å². The van der Waals surface area contributed by atoms with Crippen molar-refractivity contribution in [3.63, 3.8) is 0 Å². The summed E-state index contributed by atoms with van der Waals surface area (Å²) in [5, 5.41) is 12.1. The average molecular weight is 237 g/mol. The molecule has 1 rings (SSSR count). The van der Waals surface area contributed by atoms with E-state index in [1.807, 2.05) is 38.1 Å². The number of aliphatic carboxylic acids is 1. The van der Waals surface area contributed by atoms with Crippen LogP contribution in [0.15, 0.2) is 24.3 Å². The SMILES string of the molecule is CCCC(Nc1ccccc1OCC)C(=O)O. The Labute approximate surface area is 102 Å². The molecule has 0 aliphatic carbocycles. The normalized spacial score (nSPS) is 11.9. The third-order valence-corrected chi connectivity index (χ3v) is 2.39. The van der Waals surface area contributed by atoms with Gasteiger partial charge in [0.25, 0.3) is 0 Å². The third-order valence-electron chi connectivity index (χ3n) is 2.39. The molecule has 0 bridgehead atoms. The molecule has 0 fully saturated rings. The number of rotatable bonds is 7. The highest BCUT2D eigenvalue weighted by molar-refractivity contribution is 5.78. The molecule has 94 valence electrons. The van der Waals surface area contributed by atoms with Gasteiger partial charge in [0.05, 0.1) is 12.3 Å². The first-order valence-electron chi connectivity index (χ1n) is 5.90. The van der Waals surface area contributed by atoms with Gasteiger partial charge in [-0.2, -0.15) is 0 Å². The molecule has 1 unspecified atom stereocenters. The van der Waals surface area contributed by atoms with Crippen molar-refractivity contribution in [2.24, 2.45) is 0 Å². The van der Waals surface area contributed by atoms with Crippen LogP contribution < -0.4 is 10.1 Å². The number of carbonyl (C=O) groups is 1. The number of benzene rings is 1. The molecule has 1 aromatic carbocycles. The van der Waals surface area contributed by atoms with Crippen molar-refractivity contribution in [3.05, 3.63) is 24.3 Å². The van der Waals surface area contributed by atoms with E-state index in [2.05, 4.69) is 5.32 Å². The van der Waals surface area contributed by atoms with E-state index < -0.39 is 12.0 Å². The summed E-state index contributed by atoms with van der Waals surface area (Å²) in [5.41, 5.74) is 0.732. The Balaban J connectivity index is 2.80. The zero-order valence-corrected chi connectivity index (χ0v) is 10.3. The number of hydrogen-bond acceptors (Lipinski definition) is 3. The minimum atomic E-state index is -0.835. The lowest BCUT2D eigenvalue weighted by Crippen LogP contribution is -2.29. The molecule has 0 saturated carbocycles. The Morgan fingerprint density at radius 1 is 1.41 bits per heavy atom. The first-order chi connectivity index (χ1) is 8.19. The Kier molecular flexibility index (Phi) is 5.33. The highest BCUT2D eigenvalue weighted by Crippen LogP contribution is 2.25. The second-order valence-corrected chi connectivity index (χ2v) is 3.75. The van der Waals surface area contributed by atoms with E-state index in [1.165, 1.54) is 0 Å². The lowest BCUT2D eigenvalue weighted by atomic mass is 10.1. The van der Waals surface area contributed by atoms with Crippen molar-refractivity contribution in [2.75, 3.05) is 11.9 Å². The summed E-state index contributed by atoms with van der Waals surface area (Å²) in [6.45, 7) is 4.42. The number of nitrogens with one attached hydrogen (secondary N) is 1. The van der Waals surface area contributed by atoms with Crippen molar-refractivity contribution in [1.29, 1.82) is 0 Å². The zero-order valence-electron chi connectivity index (χ0n) is 10.3. The highest BCUT2D eigenvalue weighted by atomic mass is 16.5. The Morgan fingerprint density at radius 2 is 2.12 bits per heavy atom. The van der Waals surface area contributed by atoms with Crippen molar-refractivity contribution in [1.82, 2.24) is 0 Å². The van der Waals surface area contributed by atoms with E-state index in [0.29, 0.717) is 18.8 Å². The van der Waals surface area contributed by atoms with Crippen LogP contribution in [0.2, 0.25) is 0 Å². The fourth-order valence-electron chi connectivity index (χ4n) is 1.60. The third kappa shape index (κ3) is 3.98. The number of para-hydroxylation sites is 2. The van der Waals surface area contributed by atoms with Crippen molar-refractivity contribution in [2.45, 2.75) is 32.7 Å². The Bertz CT molecular complexity index is 365. The van der Waals surface area contributed by atoms with E-state index in [1.54, 1.807) is 0 Å². The molecule has 0 spiro atoms. The van der Waals surface area contributed by atoms with E-state index >= 15 is 0 Å². The van der Waals surface area contributed by atoms with Gasteiger partial charge in [-0.15, -0.1) is 0 Å². The summed E-state index contributed by atoms with van der Waals surface area (Å²) < 4.78 is 5.44. The number of carboxylic acids is 1. The van der Waals surface area contributed by atoms with Gasteiger partial charge in [0.2, 0.25) is 0 Å². The second kappa shape index (κ2) is 6.78. The van der Waals surface area contributed by atoms with Crippen LogP contribution in [-0.2, 0) is 4.79 Å². The maximum absolute atomic E-state index is 11.1. The van der Waals surface area contributed by atoms with Crippen LogP contribution in [0.3, 0.4) is 0 Å². The minimum Gasteiger partial charge on any atom is -0.492 e. The molecule has 0 aliphatic rings. The van der Waals surface area contributed by atoms with Crippen LogP contribution in [0.1, 0.15) is 26.7 Å². The molecule has 2 N–H and O–H groups in total. The van der Waals surface area contributed by atoms with Gasteiger partial charge in [0, 0.05) is 0 Å². The summed E-state index contributed by atoms with van der Waals surface area (Å²) in [6, 6.07) is 6.82. The predicted molar refractivity (Wildman–Crippen MR) is 67.6 cm³/mol. The molecule has 4 heteroatoms. The summed E-state index contributed by atoms with van der Waals surface area (Å²) in [6.07, 6.45) is 1.41. The quantitative estimate of drug-likeness (QED) is 0.765. The first kappa shape index (κ1) is 13.4. The van der Waals surface area contributed by atoms with Crippen molar-refractivity contribution in [3.8, 4) is 5.75 Å². The Morgan fingerprint density at radius 3 is 2.71 bits per heavy atom. The van der Waals surface area contributed by atoms with Crippen LogP contribution in [0, 0.1) is 0 Å². The first-order valence-corrected chi connectivity index (χ1v) is 5.90. The fraction of sp³-hybridized carbons (Fsp3) is 0.462. The van der Waals surface area contributed by atoms with E-state index in [9.17, 15) is 4.79 Å². The molecule has 0 aromatic heterocycles. The van der Waals surface area contributed by atoms with Gasteiger partial charge in [-0.25, -0.2) is 4.79 Å². The molecule has 4 nitrogen and oxygen atoms in total. The summed E-state index contributed by atoms with van der Waals surface area (Å²) >= 11 is 0. The molecule has 1 aromatic rings. The van der Waals surface area contributed by atoms with Gasteiger partial charge in [-0.3, -0.25) is 0 Å². The largest absolute Gasteiger partial charge is 0.492 e. The van der Waals surface area contributed by atoms with Crippen LogP contribution >= 0.6 is 0 Å². The molecule has 0 amide bonds. The topological polar surface area (TPSA) is 58.6 Å². The summed E-state index contributed by atoms with van der Waals surface area (Å²) in [4.78, 5) is 11.1. The molecule has 0 saturated heterocycles. The zero-order chi connectivity index (χ0) is 12.7. The molecule has 0 radical (unpaired) electrons. The summed E-state index contributed by atoms with van der Waals surface area (Å²) in [5.74, 6) is -0.143. The van der Waals surface area contributed by atoms with Gasteiger partial charge in [0.15, 0.2) is 0 Å². The monoisotopic (exact) mass is 237 g/mol. The number of ether oxygens (including phenoxy) is 1. The maximum atomic E-state index is 11.1. The smallest absolute Gasteiger partial charge is 0.326 e. The number of hydrogen-bond donors (Lipinski definition) is 2. The fourth-order valence-corrected chi connectivity index (χ4v) is 1.60. The van der Waals surface area contributed by atoms with Crippen molar-refractivity contribution < 1.29 is 14.6 Å². The van der Waals surface area contributed by atoms with E-state index in [4.69, 9.17) is 9.84 Å². The van der Waals surface area contributed by atoms with E-state index in [0.717, 1.165) is 12.1 Å². The minimum absolute atomic E-state index is 0.560. The molecular weight excluding hydrogens is 218 g/mol. The number of anilines is 1. The van der Waals surface area contributed by atoms with Crippen LogP contribution in [0.25, 0.3) is 0 Å². The van der Waals surface area contributed by atoms with Crippen molar-refractivity contribution >= 4 is 11.7 Å². The lowest BCUT2D eigenvalue weighted by molar-refractivity contribution is -0.138. The summed E-state index contributed by atoms with van der Waals surface area (Å²) in [7, 11) is 0. The predicted octanol–water partition coefficient (Wildman–Crippen LogP) is 2.75. The van der Waals surface area contributed by atoms with Gasteiger partial charge in [0.1, 0.15) is 11.8 Å². The van der Waals surface area contributed by atoms with Crippen LogP contribution in [-0.4, -0.2) is 23.7 Å². The van der Waals surface area contributed by atoms with Gasteiger partial charge < -0.3 is 15.2 Å². The van der Waals surface area contributed by atoms with Gasteiger partial charge >= 0.3 is 5.97 Å².